The van der Waals surface area contributed by atoms with Crippen LogP contribution < -0.4 is 0 Å². The maximum atomic E-state index is 12.2. The fraction of sp³-hybridized carbons (Fsp3) is 0.417. The molecule has 0 unspecified atom stereocenters. The van der Waals surface area contributed by atoms with Gasteiger partial charge in [-0.1, -0.05) is 0 Å². The molecule has 0 N–H and O–H groups in total. The molecule has 2 heterocycles. The van der Waals surface area contributed by atoms with Crippen LogP contribution in [0.15, 0.2) is 24.7 Å². The number of amides is 1. The number of rotatable bonds is 4. The highest BCUT2D eigenvalue weighted by Crippen LogP contribution is 2.07. The molecule has 0 aromatic carbocycles. The van der Waals surface area contributed by atoms with Crippen molar-refractivity contribution in [2.45, 2.75) is 20.0 Å². The number of carbonyl (C=O) groups excluding carboxylic acids is 1. The largest absolute Gasteiger partial charge is 0.336 e. The van der Waals surface area contributed by atoms with Crippen LogP contribution in [0.3, 0.4) is 0 Å². The fourth-order valence-corrected chi connectivity index (χ4v) is 1.74. The van der Waals surface area contributed by atoms with Crippen LogP contribution in [0.2, 0.25) is 0 Å². The summed E-state index contributed by atoms with van der Waals surface area (Å²) in [6, 6.07) is 1.90. The molecule has 0 atom stereocenters. The molecule has 0 aliphatic heterocycles. The lowest BCUT2D eigenvalue weighted by atomic mass is 10.3. The second-order valence-corrected chi connectivity index (χ2v) is 4.19. The molecule has 6 nitrogen and oxygen atoms in total. The van der Waals surface area contributed by atoms with E-state index in [2.05, 4.69) is 10.2 Å². The van der Waals surface area contributed by atoms with E-state index in [-0.39, 0.29) is 5.91 Å². The highest BCUT2D eigenvalue weighted by atomic mass is 16.2. The lowest BCUT2D eigenvalue weighted by Crippen LogP contribution is -2.26. The van der Waals surface area contributed by atoms with E-state index in [4.69, 9.17) is 0 Å². The molecule has 0 fully saturated rings. The Morgan fingerprint density at radius 3 is 2.78 bits per heavy atom. The molecule has 96 valence electrons. The number of carbonyl (C=O) groups is 1. The van der Waals surface area contributed by atoms with Gasteiger partial charge in [-0.3, -0.25) is 14.2 Å². The maximum absolute atomic E-state index is 12.2. The SMILES string of the molecule is CCn1cc(C(=O)N(C)Cc2ccnn2C)cn1. The zero-order valence-corrected chi connectivity index (χ0v) is 10.9. The second-order valence-electron chi connectivity index (χ2n) is 4.19. The van der Waals surface area contributed by atoms with Crippen molar-refractivity contribution < 1.29 is 4.79 Å². The lowest BCUT2D eigenvalue weighted by Gasteiger charge is -2.16. The Bertz CT molecular complexity index is 542. The normalized spacial score (nSPS) is 10.6. The summed E-state index contributed by atoms with van der Waals surface area (Å²) in [6.45, 7) is 3.28. The number of aryl methyl sites for hydroxylation is 2. The Hall–Kier alpha value is -2.11. The zero-order valence-electron chi connectivity index (χ0n) is 10.9. The van der Waals surface area contributed by atoms with Crippen LogP contribution in [0.1, 0.15) is 23.0 Å². The van der Waals surface area contributed by atoms with E-state index in [0.29, 0.717) is 12.1 Å². The molecule has 0 aliphatic rings. The summed E-state index contributed by atoms with van der Waals surface area (Å²) in [7, 11) is 3.64. The van der Waals surface area contributed by atoms with E-state index in [0.717, 1.165) is 12.2 Å². The molecule has 2 aromatic heterocycles. The minimum atomic E-state index is -0.0316. The van der Waals surface area contributed by atoms with Crippen LogP contribution in [0, 0.1) is 0 Å². The third kappa shape index (κ3) is 2.42. The number of hydrogen-bond donors (Lipinski definition) is 0. The van der Waals surface area contributed by atoms with Crippen LogP contribution >= 0.6 is 0 Å². The van der Waals surface area contributed by atoms with Crippen molar-refractivity contribution in [3.63, 3.8) is 0 Å². The third-order valence-corrected chi connectivity index (χ3v) is 2.87. The summed E-state index contributed by atoms with van der Waals surface area (Å²) < 4.78 is 3.50. The predicted molar refractivity (Wildman–Crippen MR) is 66.9 cm³/mol. The molecule has 0 spiro atoms. The zero-order chi connectivity index (χ0) is 13.1. The average molecular weight is 247 g/mol. The molecule has 2 aromatic rings. The van der Waals surface area contributed by atoms with Crippen LogP contribution in [0.25, 0.3) is 0 Å². The minimum absolute atomic E-state index is 0.0316. The molecule has 0 saturated heterocycles. The van der Waals surface area contributed by atoms with Crippen LogP contribution in [-0.2, 0) is 20.1 Å². The quantitative estimate of drug-likeness (QED) is 0.807. The van der Waals surface area contributed by atoms with Gasteiger partial charge in [0.05, 0.1) is 24.0 Å². The van der Waals surface area contributed by atoms with Crippen molar-refractivity contribution in [3.05, 3.63) is 35.9 Å². The van der Waals surface area contributed by atoms with Gasteiger partial charge in [-0.05, 0) is 13.0 Å². The molecular formula is C12H17N5O. The van der Waals surface area contributed by atoms with E-state index in [1.165, 1.54) is 0 Å². The minimum Gasteiger partial charge on any atom is -0.336 e. The van der Waals surface area contributed by atoms with Gasteiger partial charge in [0, 0.05) is 33.0 Å². The first-order chi connectivity index (χ1) is 8.61. The Balaban J connectivity index is 2.07. The molecule has 0 aliphatic carbocycles. The van der Waals surface area contributed by atoms with Crippen molar-refractivity contribution in [3.8, 4) is 0 Å². The van der Waals surface area contributed by atoms with Crippen LogP contribution in [0.4, 0.5) is 0 Å². The average Bonchev–Trinajstić information content (AvgIpc) is 2.98. The summed E-state index contributed by atoms with van der Waals surface area (Å²) in [6.07, 6.45) is 5.09. The fourth-order valence-electron chi connectivity index (χ4n) is 1.74. The van der Waals surface area contributed by atoms with Gasteiger partial charge >= 0.3 is 0 Å². The highest BCUT2D eigenvalue weighted by molar-refractivity contribution is 5.93. The third-order valence-electron chi connectivity index (χ3n) is 2.87. The van der Waals surface area contributed by atoms with Crippen molar-refractivity contribution in [2.75, 3.05) is 7.05 Å². The Morgan fingerprint density at radius 2 is 2.22 bits per heavy atom. The van der Waals surface area contributed by atoms with E-state index < -0.39 is 0 Å². The number of aromatic nitrogens is 4. The van der Waals surface area contributed by atoms with E-state index >= 15 is 0 Å². The van der Waals surface area contributed by atoms with Gasteiger partial charge in [0.2, 0.25) is 0 Å². The van der Waals surface area contributed by atoms with Crippen molar-refractivity contribution in [1.29, 1.82) is 0 Å². The van der Waals surface area contributed by atoms with Gasteiger partial charge in [0.15, 0.2) is 0 Å². The molecular weight excluding hydrogens is 230 g/mol. The monoisotopic (exact) mass is 247 g/mol. The van der Waals surface area contributed by atoms with E-state index in [9.17, 15) is 4.79 Å². The molecule has 2 rings (SSSR count). The Kier molecular flexibility index (Phi) is 3.45. The van der Waals surface area contributed by atoms with Gasteiger partial charge in [-0.25, -0.2) is 0 Å². The standard InChI is InChI=1S/C12H17N5O/c1-4-17-8-10(7-14-17)12(18)15(2)9-11-5-6-13-16(11)3/h5-8H,4,9H2,1-3H3. The smallest absolute Gasteiger partial charge is 0.257 e. The van der Waals surface area contributed by atoms with E-state index in [1.807, 2.05) is 20.0 Å². The summed E-state index contributed by atoms with van der Waals surface area (Å²) in [5, 5.41) is 8.19. The summed E-state index contributed by atoms with van der Waals surface area (Å²) in [5.74, 6) is -0.0316. The number of nitrogens with zero attached hydrogens (tertiary/aromatic N) is 5. The second kappa shape index (κ2) is 5.03. The van der Waals surface area contributed by atoms with E-state index in [1.54, 1.807) is 39.9 Å². The van der Waals surface area contributed by atoms with Gasteiger partial charge in [-0.2, -0.15) is 10.2 Å². The first-order valence-corrected chi connectivity index (χ1v) is 5.86. The van der Waals surface area contributed by atoms with Crippen LogP contribution in [0.5, 0.6) is 0 Å². The summed E-state index contributed by atoms with van der Waals surface area (Å²) in [5.41, 5.74) is 1.61. The van der Waals surface area contributed by atoms with Crippen molar-refractivity contribution in [2.24, 2.45) is 7.05 Å². The highest BCUT2D eigenvalue weighted by Gasteiger charge is 2.15. The first kappa shape index (κ1) is 12.3. The number of hydrogen-bond acceptors (Lipinski definition) is 3. The molecule has 6 heteroatoms. The van der Waals surface area contributed by atoms with Crippen molar-refractivity contribution in [1.82, 2.24) is 24.5 Å². The maximum Gasteiger partial charge on any atom is 0.257 e. The Labute approximate surface area is 106 Å². The predicted octanol–water partition coefficient (Wildman–Crippen LogP) is 0.909. The topological polar surface area (TPSA) is 56.0 Å². The molecule has 0 radical (unpaired) electrons. The first-order valence-electron chi connectivity index (χ1n) is 5.86. The van der Waals surface area contributed by atoms with Crippen LogP contribution in [-0.4, -0.2) is 37.4 Å². The Morgan fingerprint density at radius 1 is 1.44 bits per heavy atom. The van der Waals surface area contributed by atoms with Crippen molar-refractivity contribution >= 4 is 5.91 Å². The van der Waals surface area contributed by atoms with Gasteiger partial charge in [0.1, 0.15) is 0 Å². The molecule has 0 bridgehead atoms. The van der Waals surface area contributed by atoms with Gasteiger partial charge < -0.3 is 4.90 Å². The summed E-state index contributed by atoms with van der Waals surface area (Å²) >= 11 is 0. The molecule has 0 saturated carbocycles. The molecule has 1 amide bonds. The lowest BCUT2D eigenvalue weighted by molar-refractivity contribution is 0.0782. The van der Waals surface area contributed by atoms with Gasteiger partial charge in [-0.15, -0.1) is 0 Å². The summed E-state index contributed by atoms with van der Waals surface area (Å²) in [4.78, 5) is 13.8. The molecule has 18 heavy (non-hydrogen) atoms. The van der Waals surface area contributed by atoms with Gasteiger partial charge in [0.25, 0.3) is 5.91 Å².